The molecule has 0 unspecified atom stereocenters. The van der Waals surface area contributed by atoms with Crippen LogP contribution in [0.15, 0.2) is 54.6 Å². The first-order valence-corrected chi connectivity index (χ1v) is 7.88. The number of carbonyl (C=O) groups is 1. The minimum atomic E-state index is -0.205. The van der Waals surface area contributed by atoms with Crippen LogP contribution in [-0.2, 0) is 22.6 Å². The Hall–Kier alpha value is -2.62. The number of nitrogens with zero attached hydrogens (tertiary/aromatic N) is 2. The van der Waals surface area contributed by atoms with E-state index in [9.17, 15) is 4.79 Å². The van der Waals surface area contributed by atoms with Gasteiger partial charge in [0.25, 0.3) is 5.82 Å². The molecule has 0 spiro atoms. The summed E-state index contributed by atoms with van der Waals surface area (Å²) in [6.07, 6.45) is 0. The number of carbonyl (C=O) groups excluding carboxylic acids is 1. The van der Waals surface area contributed by atoms with Gasteiger partial charge in [-0.25, -0.2) is 13.9 Å². The van der Waals surface area contributed by atoms with Gasteiger partial charge in [-0.15, -0.1) is 0 Å². The fourth-order valence-electron chi connectivity index (χ4n) is 2.92. The van der Waals surface area contributed by atoms with Crippen molar-refractivity contribution < 1.29 is 14.1 Å². The van der Waals surface area contributed by atoms with Crippen LogP contribution in [-0.4, -0.2) is 17.1 Å². The minimum Gasteiger partial charge on any atom is -0.463 e. The molecule has 0 aliphatic rings. The van der Waals surface area contributed by atoms with Crippen LogP contribution in [0.3, 0.4) is 0 Å². The standard InChI is InChI=1S/C19H21N2O2/c1-3-23-19(22)14-21-15(2)20(13-16-9-5-4-6-10-16)17-11-7-8-12-18(17)21/h4-12H,3,13-14H2,1-2H3/q+1. The molecule has 2 aromatic carbocycles. The minimum absolute atomic E-state index is 0.205. The maximum atomic E-state index is 11.9. The number of benzene rings is 2. The number of hydrogen-bond donors (Lipinski definition) is 0. The Morgan fingerprint density at radius 2 is 1.78 bits per heavy atom. The van der Waals surface area contributed by atoms with Crippen LogP contribution in [0.25, 0.3) is 11.0 Å². The molecule has 0 amide bonds. The highest BCUT2D eigenvalue weighted by atomic mass is 16.5. The van der Waals surface area contributed by atoms with Crippen molar-refractivity contribution in [1.29, 1.82) is 0 Å². The monoisotopic (exact) mass is 309 g/mol. The Balaban J connectivity index is 2.04. The molecular formula is C19H21N2O2+. The smallest absolute Gasteiger partial charge is 0.348 e. The maximum Gasteiger partial charge on any atom is 0.348 e. The lowest BCUT2D eigenvalue weighted by molar-refractivity contribution is -0.669. The molecular weight excluding hydrogens is 288 g/mol. The molecule has 0 N–H and O–H groups in total. The lowest BCUT2D eigenvalue weighted by Gasteiger charge is -2.02. The predicted octanol–water partition coefficient (Wildman–Crippen LogP) is 2.85. The van der Waals surface area contributed by atoms with Crippen LogP contribution in [0.1, 0.15) is 18.3 Å². The molecule has 23 heavy (non-hydrogen) atoms. The van der Waals surface area contributed by atoms with Gasteiger partial charge in [0.1, 0.15) is 6.54 Å². The third kappa shape index (κ3) is 3.11. The molecule has 0 fully saturated rings. The molecule has 0 aliphatic carbocycles. The highest BCUT2D eigenvalue weighted by Gasteiger charge is 2.23. The molecule has 1 heterocycles. The van der Waals surface area contributed by atoms with Gasteiger partial charge in [0.05, 0.1) is 6.61 Å². The average molecular weight is 309 g/mol. The van der Waals surface area contributed by atoms with E-state index in [0.29, 0.717) is 6.61 Å². The lowest BCUT2D eigenvalue weighted by Crippen LogP contribution is -2.37. The largest absolute Gasteiger partial charge is 0.463 e. The number of para-hydroxylation sites is 2. The molecule has 0 radical (unpaired) electrons. The van der Waals surface area contributed by atoms with Crippen LogP contribution < -0.4 is 4.57 Å². The van der Waals surface area contributed by atoms with Gasteiger partial charge < -0.3 is 4.74 Å². The Kier molecular flexibility index (Phi) is 4.42. The van der Waals surface area contributed by atoms with Crippen LogP contribution in [0.4, 0.5) is 0 Å². The van der Waals surface area contributed by atoms with Crippen molar-refractivity contribution in [2.75, 3.05) is 6.61 Å². The number of aromatic nitrogens is 2. The normalized spacial score (nSPS) is 10.9. The molecule has 3 rings (SSSR count). The van der Waals surface area contributed by atoms with Gasteiger partial charge in [0, 0.05) is 6.92 Å². The number of ether oxygens (including phenoxy) is 1. The van der Waals surface area contributed by atoms with E-state index in [1.165, 1.54) is 5.56 Å². The van der Waals surface area contributed by atoms with Crippen molar-refractivity contribution >= 4 is 17.0 Å². The third-order valence-electron chi connectivity index (χ3n) is 4.02. The van der Waals surface area contributed by atoms with Gasteiger partial charge in [0.15, 0.2) is 17.6 Å². The molecule has 1 aromatic heterocycles. The first-order chi connectivity index (χ1) is 11.2. The van der Waals surface area contributed by atoms with Crippen LogP contribution >= 0.6 is 0 Å². The number of rotatable bonds is 5. The summed E-state index contributed by atoms with van der Waals surface area (Å²) < 4.78 is 9.37. The molecule has 0 saturated heterocycles. The van der Waals surface area contributed by atoms with Crippen molar-refractivity contribution in [3.8, 4) is 0 Å². The molecule has 0 atom stereocenters. The quantitative estimate of drug-likeness (QED) is 0.536. The van der Waals surface area contributed by atoms with Gasteiger partial charge in [-0.1, -0.05) is 42.5 Å². The van der Waals surface area contributed by atoms with E-state index >= 15 is 0 Å². The van der Waals surface area contributed by atoms with Crippen LogP contribution in [0.5, 0.6) is 0 Å². The van der Waals surface area contributed by atoms with Crippen molar-refractivity contribution in [3.63, 3.8) is 0 Å². The molecule has 0 bridgehead atoms. The fourth-order valence-corrected chi connectivity index (χ4v) is 2.92. The van der Waals surface area contributed by atoms with Gasteiger partial charge in [-0.3, -0.25) is 0 Å². The second-order valence-corrected chi connectivity index (χ2v) is 5.50. The van der Waals surface area contributed by atoms with E-state index in [0.717, 1.165) is 23.4 Å². The van der Waals surface area contributed by atoms with E-state index in [1.807, 2.05) is 54.8 Å². The summed E-state index contributed by atoms with van der Waals surface area (Å²) in [5, 5.41) is 0. The Morgan fingerprint density at radius 3 is 2.52 bits per heavy atom. The summed E-state index contributed by atoms with van der Waals surface area (Å²) in [6.45, 7) is 5.29. The molecule has 118 valence electrons. The summed E-state index contributed by atoms with van der Waals surface area (Å²) in [7, 11) is 0. The maximum absolute atomic E-state index is 11.9. The van der Waals surface area contributed by atoms with Gasteiger partial charge in [-0.05, 0) is 24.6 Å². The number of imidazole rings is 1. The van der Waals surface area contributed by atoms with Gasteiger partial charge >= 0.3 is 5.97 Å². The van der Waals surface area contributed by atoms with Gasteiger partial charge in [-0.2, -0.15) is 0 Å². The van der Waals surface area contributed by atoms with E-state index in [2.05, 4.69) is 22.8 Å². The molecule has 4 nitrogen and oxygen atoms in total. The Labute approximate surface area is 135 Å². The van der Waals surface area contributed by atoms with Crippen LogP contribution in [0, 0.1) is 6.92 Å². The summed E-state index contributed by atoms with van der Waals surface area (Å²) in [4.78, 5) is 11.9. The first kappa shape index (κ1) is 15.3. The zero-order valence-electron chi connectivity index (χ0n) is 13.5. The lowest BCUT2D eigenvalue weighted by atomic mass is 10.2. The summed E-state index contributed by atoms with van der Waals surface area (Å²) in [5.41, 5.74) is 3.41. The summed E-state index contributed by atoms with van der Waals surface area (Å²) in [6, 6.07) is 18.5. The number of hydrogen-bond acceptors (Lipinski definition) is 2. The van der Waals surface area contributed by atoms with E-state index in [-0.39, 0.29) is 12.5 Å². The zero-order valence-corrected chi connectivity index (χ0v) is 13.5. The summed E-state index contributed by atoms with van der Waals surface area (Å²) in [5.74, 6) is 0.839. The second-order valence-electron chi connectivity index (χ2n) is 5.50. The Bertz CT molecular complexity index is 822. The van der Waals surface area contributed by atoms with E-state index in [1.54, 1.807) is 0 Å². The average Bonchev–Trinajstić information content (AvgIpc) is 2.82. The molecule has 0 saturated carbocycles. The van der Waals surface area contributed by atoms with Crippen molar-refractivity contribution in [2.24, 2.45) is 0 Å². The first-order valence-electron chi connectivity index (χ1n) is 7.88. The second kappa shape index (κ2) is 6.65. The molecule has 4 heteroatoms. The summed E-state index contributed by atoms with van der Waals surface area (Å²) >= 11 is 0. The van der Waals surface area contributed by atoms with Gasteiger partial charge in [0.2, 0.25) is 0 Å². The fraction of sp³-hybridized carbons (Fsp3) is 0.263. The number of esters is 1. The highest BCUT2D eigenvalue weighted by Crippen LogP contribution is 2.15. The molecule has 3 aromatic rings. The number of fused-ring (bicyclic) bond motifs is 1. The molecule has 0 aliphatic heterocycles. The van der Waals surface area contributed by atoms with E-state index < -0.39 is 0 Å². The third-order valence-corrected chi connectivity index (χ3v) is 4.02. The SMILES string of the molecule is CCOC(=O)Cn1c(C)[n+](Cc2ccccc2)c2ccccc21. The zero-order chi connectivity index (χ0) is 16.2. The topological polar surface area (TPSA) is 35.1 Å². The Morgan fingerprint density at radius 1 is 1.09 bits per heavy atom. The van der Waals surface area contributed by atoms with Crippen molar-refractivity contribution in [1.82, 2.24) is 4.57 Å². The van der Waals surface area contributed by atoms with E-state index in [4.69, 9.17) is 4.74 Å². The highest BCUT2D eigenvalue weighted by molar-refractivity contribution is 5.76. The van der Waals surface area contributed by atoms with Crippen LogP contribution in [0.2, 0.25) is 0 Å². The van der Waals surface area contributed by atoms with Crippen molar-refractivity contribution in [2.45, 2.75) is 26.9 Å². The predicted molar refractivity (Wildman–Crippen MR) is 89.0 cm³/mol. The van der Waals surface area contributed by atoms with Crippen molar-refractivity contribution in [3.05, 3.63) is 66.0 Å².